The van der Waals surface area contributed by atoms with Gasteiger partial charge < -0.3 is 14.8 Å². The van der Waals surface area contributed by atoms with Crippen LogP contribution in [0.25, 0.3) is 0 Å². The van der Waals surface area contributed by atoms with Gasteiger partial charge in [-0.05, 0) is 55.9 Å². The molecule has 1 aliphatic carbocycles. The highest BCUT2D eigenvalue weighted by atomic mass is 35.5. The molecule has 0 radical (unpaired) electrons. The first-order chi connectivity index (χ1) is 17.9. The number of amides is 1. The fourth-order valence-corrected chi connectivity index (χ4v) is 6.38. The number of fused-ring (bicyclic) bond motifs is 1. The Bertz CT molecular complexity index is 1300. The predicted molar refractivity (Wildman–Crippen MR) is 147 cm³/mol. The molecule has 1 aliphatic rings. The van der Waals surface area contributed by atoms with Gasteiger partial charge in [-0.25, -0.2) is 4.79 Å². The molecule has 1 aromatic carbocycles. The zero-order valence-corrected chi connectivity index (χ0v) is 23.2. The number of benzene rings is 1. The van der Waals surface area contributed by atoms with Gasteiger partial charge in [0.2, 0.25) is 5.91 Å². The molecule has 0 aliphatic heterocycles. The molecule has 1 N–H and O–H groups in total. The maximum atomic E-state index is 12.9. The number of thioether (sulfide) groups is 1. The van der Waals surface area contributed by atoms with Crippen LogP contribution in [0.3, 0.4) is 0 Å². The summed E-state index contributed by atoms with van der Waals surface area (Å²) < 4.78 is 12.8. The zero-order chi connectivity index (χ0) is 26.4. The number of allylic oxidation sites excluding steroid dienone is 1. The third kappa shape index (κ3) is 6.55. The molecule has 196 valence electrons. The first kappa shape index (κ1) is 27.2. The number of rotatable bonds is 10. The van der Waals surface area contributed by atoms with Crippen LogP contribution < -0.4 is 10.1 Å². The Labute approximate surface area is 229 Å². The fourth-order valence-electron chi connectivity index (χ4n) is 4.15. The lowest BCUT2D eigenvalue weighted by Gasteiger charge is -2.11. The number of nitrogens with zero attached hydrogens (tertiary/aromatic N) is 3. The minimum Gasteiger partial charge on any atom is -0.484 e. The van der Waals surface area contributed by atoms with Gasteiger partial charge in [0.25, 0.3) is 0 Å². The second-order valence-electron chi connectivity index (χ2n) is 8.62. The summed E-state index contributed by atoms with van der Waals surface area (Å²) in [4.78, 5) is 26.6. The first-order valence-electron chi connectivity index (χ1n) is 12.0. The van der Waals surface area contributed by atoms with Gasteiger partial charge in [0, 0.05) is 11.4 Å². The molecule has 1 amide bonds. The molecule has 2 heterocycles. The lowest BCUT2D eigenvalue weighted by molar-refractivity contribution is -0.113. The van der Waals surface area contributed by atoms with Crippen LogP contribution in [-0.4, -0.2) is 39.5 Å². The van der Waals surface area contributed by atoms with Crippen LogP contribution in [0, 0.1) is 6.92 Å². The van der Waals surface area contributed by atoms with E-state index in [1.165, 1.54) is 30.2 Å². The van der Waals surface area contributed by atoms with Gasteiger partial charge in [-0.1, -0.05) is 41.9 Å². The highest BCUT2D eigenvalue weighted by Gasteiger charge is 2.26. The molecule has 8 nitrogen and oxygen atoms in total. The van der Waals surface area contributed by atoms with Crippen molar-refractivity contribution >= 4 is 51.6 Å². The summed E-state index contributed by atoms with van der Waals surface area (Å²) in [5.41, 5.74) is 2.54. The molecule has 37 heavy (non-hydrogen) atoms. The van der Waals surface area contributed by atoms with Crippen molar-refractivity contribution in [2.45, 2.75) is 57.3 Å². The highest BCUT2D eigenvalue weighted by molar-refractivity contribution is 7.99. The number of anilines is 1. The van der Waals surface area contributed by atoms with E-state index in [-0.39, 0.29) is 18.3 Å². The number of aromatic nitrogens is 3. The third-order valence-corrected chi connectivity index (χ3v) is 8.43. The van der Waals surface area contributed by atoms with E-state index in [0.29, 0.717) is 38.9 Å². The third-order valence-electron chi connectivity index (χ3n) is 5.94. The summed E-state index contributed by atoms with van der Waals surface area (Å²) in [6.45, 7) is 6.41. The van der Waals surface area contributed by atoms with Gasteiger partial charge in [-0.15, -0.1) is 28.1 Å². The van der Waals surface area contributed by atoms with Crippen LogP contribution in [0.5, 0.6) is 5.75 Å². The number of methoxy groups -OCH3 is 1. The Hall–Kier alpha value is -2.82. The van der Waals surface area contributed by atoms with E-state index in [4.69, 9.17) is 21.1 Å². The largest absolute Gasteiger partial charge is 0.484 e. The minimum atomic E-state index is -0.411. The van der Waals surface area contributed by atoms with E-state index in [1.807, 2.05) is 23.6 Å². The minimum absolute atomic E-state index is 0.100. The topological polar surface area (TPSA) is 95.3 Å². The van der Waals surface area contributed by atoms with E-state index in [0.717, 1.165) is 48.1 Å². The average molecular weight is 561 g/mol. The molecule has 3 aromatic rings. The van der Waals surface area contributed by atoms with Gasteiger partial charge in [0.15, 0.2) is 11.0 Å². The Balaban J connectivity index is 1.44. The number of thiophene rings is 1. The van der Waals surface area contributed by atoms with E-state index < -0.39 is 5.97 Å². The molecule has 11 heteroatoms. The SMILES string of the molecule is C=CCn1c(COc2cc(C)ccc2Cl)nnc1SCC(=O)Nc1sc2c(c1C(=O)OC)CCCCC2. The van der Waals surface area contributed by atoms with Gasteiger partial charge in [-0.2, -0.15) is 0 Å². The number of nitrogens with one attached hydrogen (secondary N) is 1. The Morgan fingerprint density at radius 3 is 2.86 bits per heavy atom. The zero-order valence-electron chi connectivity index (χ0n) is 20.8. The number of hydrogen-bond donors (Lipinski definition) is 1. The van der Waals surface area contributed by atoms with Crippen LogP contribution in [0.2, 0.25) is 5.02 Å². The Morgan fingerprint density at radius 2 is 2.08 bits per heavy atom. The molecule has 2 aromatic heterocycles. The lowest BCUT2D eigenvalue weighted by atomic mass is 10.1. The molecule has 0 fully saturated rings. The number of ether oxygens (including phenoxy) is 2. The van der Waals surface area contributed by atoms with Crippen molar-refractivity contribution in [2.24, 2.45) is 0 Å². The summed E-state index contributed by atoms with van der Waals surface area (Å²) in [6.07, 6.45) is 6.72. The van der Waals surface area contributed by atoms with Crippen LogP contribution in [-0.2, 0) is 35.5 Å². The summed E-state index contributed by atoms with van der Waals surface area (Å²) in [5.74, 6) is 0.619. The van der Waals surface area contributed by atoms with E-state index in [2.05, 4.69) is 22.1 Å². The van der Waals surface area contributed by atoms with Crippen molar-refractivity contribution in [3.8, 4) is 5.75 Å². The number of carbonyl (C=O) groups excluding carboxylic acids is 2. The second-order valence-corrected chi connectivity index (χ2v) is 11.1. The van der Waals surface area contributed by atoms with Crippen molar-refractivity contribution in [1.29, 1.82) is 0 Å². The number of esters is 1. The predicted octanol–water partition coefficient (Wildman–Crippen LogP) is 5.85. The molecule has 0 saturated heterocycles. The smallest absolute Gasteiger partial charge is 0.341 e. The summed E-state index contributed by atoms with van der Waals surface area (Å²) >= 11 is 8.97. The van der Waals surface area contributed by atoms with Crippen LogP contribution >= 0.6 is 34.7 Å². The monoisotopic (exact) mass is 560 g/mol. The summed E-state index contributed by atoms with van der Waals surface area (Å²) in [7, 11) is 1.37. The molecule has 4 rings (SSSR count). The normalized spacial score (nSPS) is 12.9. The molecule has 0 unspecified atom stereocenters. The van der Waals surface area contributed by atoms with Gasteiger partial charge >= 0.3 is 5.97 Å². The quantitative estimate of drug-likeness (QED) is 0.144. The van der Waals surface area contributed by atoms with E-state index in [1.54, 1.807) is 12.1 Å². The van der Waals surface area contributed by atoms with Crippen molar-refractivity contribution in [3.63, 3.8) is 0 Å². The van der Waals surface area contributed by atoms with Crippen LogP contribution in [0.15, 0.2) is 36.0 Å². The Morgan fingerprint density at radius 1 is 1.27 bits per heavy atom. The molecule has 0 spiro atoms. The Kier molecular flexibility index (Phi) is 9.28. The van der Waals surface area contributed by atoms with E-state index >= 15 is 0 Å². The molecular formula is C26H29ClN4O4S2. The average Bonchev–Trinajstić information content (AvgIpc) is 3.34. The van der Waals surface area contributed by atoms with Crippen LogP contribution in [0.4, 0.5) is 5.00 Å². The number of aryl methyl sites for hydroxylation is 2. The van der Waals surface area contributed by atoms with Gasteiger partial charge in [0.1, 0.15) is 17.4 Å². The molecule has 0 saturated carbocycles. The summed E-state index contributed by atoms with van der Waals surface area (Å²) in [6, 6.07) is 5.57. The van der Waals surface area contributed by atoms with Crippen LogP contribution in [0.1, 0.15) is 51.4 Å². The highest BCUT2D eigenvalue weighted by Crippen LogP contribution is 2.38. The lowest BCUT2D eigenvalue weighted by Crippen LogP contribution is -2.17. The van der Waals surface area contributed by atoms with Crippen molar-refractivity contribution < 1.29 is 19.1 Å². The number of halogens is 1. The van der Waals surface area contributed by atoms with Crippen molar-refractivity contribution in [3.05, 3.63) is 63.3 Å². The number of carbonyl (C=O) groups is 2. The maximum Gasteiger partial charge on any atom is 0.341 e. The summed E-state index contributed by atoms with van der Waals surface area (Å²) in [5, 5.41) is 13.1. The number of hydrogen-bond acceptors (Lipinski definition) is 8. The van der Waals surface area contributed by atoms with E-state index in [9.17, 15) is 9.59 Å². The molecule has 0 atom stereocenters. The van der Waals surface area contributed by atoms with Gasteiger partial charge in [0.05, 0.1) is 23.4 Å². The van der Waals surface area contributed by atoms with Crippen molar-refractivity contribution in [1.82, 2.24) is 14.8 Å². The fraction of sp³-hybridized carbons (Fsp3) is 0.385. The van der Waals surface area contributed by atoms with Gasteiger partial charge in [-0.3, -0.25) is 9.36 Å². The van der Waals surface area contributed by atoms with Crippen molar-refractivity contribution in [2.75, 3.05) is 18.2 Å². The molecular weight excluding hydrogens is 532 g/mol. The maximum absolute atomic E-state index is 12.9. The first-order valence-corrected chi connectivity index (χ1v) is 14.2. The molecule has 0 bridgehead atoms. The second kappa shape index (κ2) is 12.6. The standard InChI is InChI=1S/C26H29ClN4O4S2/c1-4-12-31-21(14-35-19-13-16(2)10-11-18(19)27)29-30-26(31)36-15-22(32)28-24-23(25(33)34-3)17-8-6-5-7-9-20(17)37-24/h4,10-11,13H,1,5-9,12,14-15H2,2-3H3,(H,28,32).